The second-order valence-electron chi connectivity index (χ2n) is 5.22. The van der Waals surface area contributed by atoms with E-state index < -0.39 is 0 Å². The van der Waals surface area contributed by atoms with Gasteiger partial charge in [0.15, 0.2) is 11.5 Å². The van der Waals surface area contributed by atoms with Gasteiger partial charge in [-0.2, -0.15) is 0 Å². The van der Waals surface area contributed by atoms with Crippen LogP contribution in [0.15, 0.2) is 52.1 Å². The van der Waals surface area contributed by atoms with Gasteiger partial charge in [0.25, 0.3) is 5.22 Å². The molecule has 1 atom stereocenters. The third kappa shape index (κ3) is 3.91. The number of benzene rings is 2. The Morgan fingerprint density at radius 3 is 2.52 bits per heavy atom. The van der Waals surface area contributed by atoms with E-state index >= 15 is 0 Å². The molecule has 1 heterocycles. The van der Waals surface area contributed by atoms with Gasteiger partial charge in [-0.1, -0.05) is 41.6 Å². The highest BCUT2D eigenvalue weighted by Gasteiger charge is 2.17. The maximum atomic E-state index is 6.24. The largest absolute Gasteiger partial charge is 0.493 e. The molecule has 0 N–H and O–H groups in total. The van der Waals surface area contributed by atoms with E-state index in [2.05, 4.69) is 10.2 Å². The molecule has 5 nitrogen and oxygen atoms in total. The molecule has 1 unspecified atom stereocenters. The van der Waals surface area contributed by atoms with Crippen LogP contribution in [0.4, 0.5) is 0 Å². The van der Waals surface area contributed by atoms with Crippen LogP contribution in [0, 0.1) is 0 Å². The highest BCUT2D eigenvalue weighted by molar-refractivity contribution is 7.99. The molecule has 0 saturated carbocycles. The summed E-state index contributed by atoms with van der Waals surface area (Å²) in [6.07, 6.45) is 0. The van der Waals surface area contributed by atoms with E-state index in [1.807, 2.05) is 37.3 Å². The highest BCUT2D eigenvalue weighted by atomic mass is 35.5. The van der Waals surface area contributed by atoms with Crippen LogP contribution in [-0.2, 0) is 0 Å². The van der Waals surface area contributed by atoms with E-state index in [1.165, 1.54) is 11.8 Å². The molecule has 1 aromatic heterocycles. The SMILES string of the molecule is COc1ccc(-c2nnc(SC(C)c3ccccc3Cl)o2)cc1OC. The zero-order valence-electron chi connectivity index (χ0n) is 14.0. The third-order valence-corrected chi connectivity index (χ3v) is 4.98. The van der Waals surface area contributed by atoms with Crippen LogP contribution >= 0.6 is 23.4 Å². The first-order valence-electron chi connectivity index (χ1n) is 7.59. The molecule has 0 radical (unpaired) electrons. The summed E-state index contributed by atoms with van der Waals surface area (Å²) in [6, 6.07) is 13.2. The average Bonchev–Trinajstić information content (AvgIpc) is 3.09. The fourth-order valence-electron chi connectivity index (χ4n) is 2.36. The zero-order valence-corrected chi connectivity index (χ0v) is 15.6. The average molecular weight is 377 g/mol. The molecule has 25 heavy (non-hydrogen) atoms. The standard InChI is InChI=1S/C18H17ClN2O3S/c1-11(13-6-4-5-7-14(13)19)25-18-21-20-17(24-18)12-8-9-15(22-2)16(10-12)23-3/h4-11H,1-3H3. The van der Waals surface area contributed by atoms with Crippen molar-refractivity contribution in [1.29, 1.82) is 0 Å². The van der Waals surface area contributed by atoms with Crippen LogP contribution < -0.4 is 9.47 Å². The molecule has 0 fully saturated rings. The molecule has 0 aliphatic heterocycles. The summed E-state index contributed by atoms with van der Waals surface area (Å²) in [5.74, 6) is 1.68. The number of thioether (sulfide) groups is 1. The normalized spacial score (nSPS) is 12.0. The molecule has 130 valence electrons. The Hall–Kier alpha value is -2.18. The molecular weight excluding hydrogens is 360 g/mol. The van der Waals surface area contributed by atoms with Crippen LogP contribution in [0.25, 0.3) is 11.5 Å². The summed E-state index contributed by atoms with van der Waals surface area (Å²) in [5.41, 5.74) is 1.79. The molecule has 3 aromatic rings. The molecule has 3 rings (SSSR count). The smallest absolute Gasteiger partial charge is 0.277 e. The van der Waals surface area contributed by atoms with Gasteiger partial charge in [0.1, 0.15) is 0 Å². The maximum Gasteiger partial charge on any atom is 0.277 e. The highest BCUT2D eigenvalue weighted by Crippen LogP contribution is 2.38. The van der Waals surface area contributed by atoms with Crippen molar-refractivity contribution in [3.63, 3.8) is 0 Å². The van der Waals surface area contributed by atoms with Crippen molar-refractivity contribution in [2.24, 2.45) is 0 Å². The van der Waals surface area contributed by atoms with E-state index in [9.17, 15) is 0 Å². The Labute approximate surface area is 155 Å². The van der Waals surface area contributed by atoms with Crippen molar-refractivity contribution >= 4 is 23.4 Å². The summed E-state index contributed by atoms with van der Waals surface area (Å²) >= 11 is 7.71. The number of ether oxygens (including phenoxy) is 2. The lowest BCUT2D eigenvalue weighted by Gasteiger charge is -2.10. The Kier molecular flexibility index (Phi) is 5.50. The molecule has 2 aromatic carbocycles. The van der Waals surface area contributed by atoms with Gasteiger partial charge >= 0.3 is 0 Å². The van der Waals surface area contributed by atoms with E-state index in [1.54, 1.807) is 26.4 Å². The van der Waals surface area contributed by atoms with Gasteiger partial charge in [0.2, 0.25) is 5.89 Å². The number of nitrogens with zero attached hydrogens (tertiary/aromatic N) is 2. The summed E-state index contributed by atoms with van der Waals surface area (Å²) < 4.78 is 16.3. The molecule has 7 heteroatoms. The first kappa shape index (κ1) is 17.6. The Balaban J connectivity index is 1.80. The number of hydrogen-bond donors (Lipinski definition) is 0. The van der Waals surface area contributed by atoms with Crippen LogP contribution in [0.5, 0.6) is 11.5 Å². The summed E-state index contributed by atoms with van der Waals surface area (Å²) in [6.45, 7) is 2.05. The molecule has 0 amide bonds. The fourth-order valence-corrected chi connectivity index (χ4v) is 3.58. The second-order valence-corrected chi connectivity index (χ2v) is 6.92. The molecule has 0 aliphatic carbocycles. The maximum absolute atomic E-state index is 6.24. The number of aromatic nitrogens is 2. The van der Waals surface area contributed by atoms with Gasteiger partial charge in [-0.25, -0.2) is 0 Å². The van der Waals surface area contributed by atoms with Crippen LogP contribution in [0.3, 0.4) is 0 Å². The second kappa shape index (κ2) is 7.80. The summed E-state index contributed by atoms with van der Waals surface area (Å²) in [4.78, 5) is 0. The van der Waals surface area contributed by atoms with E-state index in [0.717, 1.165) is 16.1 Å². The fraction of sp³-hybridized carbons (Fsp3) is 0.222. The monoisotopic (exact) mass is 376 g/mol. The predicted molar refractivity (Wildman–Crippen MR) is 98.6 cm³/mol. The first-order valence-corrected chi connectivity index (χ1v) is 8.85. The topological polar surface area (TPSA) is 57.4 Å². The number of rotatable bonds is 6. The number of methoxy groups -OCH3 is 2. The van der Waals surface area contributed by atoms with Crippen LogP contribution in [-0.4, -0.2) is 24.4 Å². The Morgan fingerprint density at radius 1 is 1.04 bits per heavy atom. The van der Waals surface area contributed by atoms with Gasteiger partial charge in [-0.05, 0) is 36.8 Å². The van der Waals surface area contributed by atoms with Gasteiger partial charge < -0.3 is 13.9 Å². The van der Waals surface area contributed by atoms with Crippen LogP contribution in [0.2, 0.25) is 5.02 Å². The van der Waals surface area contributed by atoms with Gasteiger partial charge in [-0.3, -0.25) is 0 Å². The zero-order chi connectivity index (χ0) is 17.8. The van der Waals surface area contributed by atoms with Crippen molar-refractivity contribution in [1.82, 2.24) is 10.2 Å². The Morgan fingerprint density at radius 2 is 1.80 bits per heavy atom. The van der Waals surface area contributed by atoms with Crippen molar-refractivity contribution in [3.8, 4) is 23.0 Å². The number of halogens is 1. The van der Waals surface area contributed by atoms with Crippen molar-refractivity contribution in [3.05, 3.63) is 53.1 Å². The third-order valence-electron chi connectivity index (χ3n) is 3.66. The molecular formula is C18H17ClN2O3S. The minimum Gasteiger partial charge on any atom is -0.493 e. The first-order chi connectivity index (χ1) is 12.1. The predicted octanol–water partition coefficient (Wildman–Crippen LogP) is 5.26. The van der Waals surface area contributed by atoms with Crippen molar-refractivity contribution in [2.45, 2.75) is 17.4 Å². The van der Waals surface area contributed by atoms with Crippen molar-refractivity contribution in [2.75, 3.05) is 14.2 Å². The molecule has 0 spiro atoms. The van der Waals surface area contributed by atoms with E-state index in [0.29, 0.717) is 22.6 Å². The quantitative estimate of drug-likeness (QED) is 0.547. The molecule has 0 saturated heterocycles. The van der Waals surface area contributed by atoms with Gasteiger partial charge in [-0.15, -0.1) is 10.2 Å². The summed E-state index contributed by atoms with van der Waals surface area (Å²) in [5, 5.41) is 9.53. The minimum absolute atomic E-state index is 0.0902. The number of hydrogen-bond acceptors (Lipinski definition) is 6. The Bertz CT molecular complexity index is 869. The summed E-state index contributed by atoms with van der Waals surface area (Å²) in [7, 11) is 3.18. The van der Waals surface area contributed by atoms with Gasteiger partial charge in [0.05, 0.1) is 14.2 Å². The van der Waals surface area contributed by atoms with E-state index in [4.69, 9.17) is 25.5 Å². The van der Waals surface area contributed by atoms with Crippen LogP contribution in [0.1, 0.15) is 17.7 Å². The lowest BCUT2D eigenvalue weighted by Crippen LogP contribution is -1.90. The van der Waals surface area contributed by atoms with Crippen molar-refractivity contribution < 1.29 is 13.9 Å². The molecule has 0 aliphatic rings. The lowest BCUT2D eigenvalue weighted by molar-refractivity contribution is 0.355. The minimum atomic E-state index is 0.0902. The van der Waals surface area contributed by atoms with E-state index in [-0.39, 0.29) is 5.25 Å². The van der Waals surface area contributed by atoms with Gasteiger partial charge in [0, 0.05) is 15.8 Å². The molecule has 0 bridgehead atoms. The lowest BCUT2D eigenvalue weighted by atomic mass is 10.2.